The van der Waals surface area contributed by atoms with E-state index in [4.69, 9.17) is 5.26 Å². The van der Waals surface area contributed by atoms with Crippen LogP contribution in [0.4, 0.5) is 11.5 Å². The number of carbonyl (C=O) groups excluding carboxylic acids is 1. The number of aromatic nitrogens is 2. The molecule has 0 radical (unpaired) electrons. The standard InChI is InChI=1S/C24H33N7O/c1-5-30-9-11-31(12-10-30)20-8-6-7-18(13-20)23(32)27-16-19-15-26-21(14-25)29-22(19)28-17-24(2,3)4/h6-8,13,15H,5,9-12,16-17H2,1-4H3,(H,27,32)(H,26,28,29). The van der Waals surface area contributed by atoms with Gasteiger partial charge in [0.2, 0.25) is 5.82 Å². The molecule has 3 rings (SSSR count). The van der Waals surface area contributed by atoms with E-state index in [1.54, 1.807) is 6.20 Å². The van der Waals surface area contributed by atoms with Gasteiger partial charge in [-0.15, -0.1) is 0 Å². The SMILES string of the molecule is CCN1CCN(c2cccc(C(=O)NCc3cnc(C#N)nc3NCC(C)(C)C)c2)CC1. The molecule has 0 spiro atoms. The Balaban J connectivity index is 1.66. The van der Waals surface area contributed by atoms with Crippen molar-refractivity contribution in [2.75, 3.05) is 49.5 Å². The van der Waals surface area contributed by atoms with Gasteiger partial charge in [0.25, 0.3) is 5.91 Å². The maximum Gasteiger partial charge on any atom is 0.251 e. The first-order chi connectivity index (χ1) is 15.3. The molecule has 1 amide bonds. The van der Waals surface area contributed by atoms with Crippen molar-refractivity contribution in [3.05, 3.63) is 47.4 Å². The van der Waals surface area contributed by atoms with Crippen LogP contribution in [0.25, 0.3) is 0 Å². The molecule has 2 aromatic rings. The van der Waals surface area contributed by atoms with Gasteiger partial charge < -0.3 is 20.4 Å². The maximum atomic E-state index is 12.9. The van der Waals surface area contributed by atoms with Gasteiger partial charge in [0, 0.05) is 62.3 Å². The van der Waals surface area contributed by atoms with E-state index in [-0.39, 0.29) is 23.7 Å². The molecule has 8 heteroatoms. The van der Waals surface area contributed by atoms with Crippen LogP contribution in [0, 0.1) is 16.7 Å². The number of nitriles is 1. The zero-order valence-corrected chi connectivity index (χ0v) is 19.5. The van der Waals surface area contributed by atoms with E-state index in [2.05, 4.69) is 64.2 Å². The Hall–Kier alpha value is -3.18. The van der Waals surface area contributed by atoms with Crippen molar-refractivity contribution in [3.63, 3.8) is 0 Å². The van der Waals surface area contributed by atoms with E-state index in [1.165, 1.54) is 0 Å². The average molecular weight is 436 g/mol. The van der Waals surface area contributed by atoms with E-state index >= 15 is 0 Å². The largest absolute Gasteiger partial charge is 0.369 e. The van der Waals surface area contributed by atoms with Crippen molar-refractivity contribution < 1.29 is 4.79 Å². The zero-order chi connectivity index (χ0) is 23.1. The summed E-state index contributed by atoms with van der Waals surface area (Å²) in [7, 11) is 0. The fourth-order valence-corrected chi connectivity index (χ4v) is 3.54. The number of rotatable bonds is 7. The second-order valence-electron chi connectivity index (χ2n) is 9.25. The Morgan fingerprint density at radius 3 is 2.62 bits per heavy atom. The highest BCUT2D eigenvalue weighted by Crippen LogP contribution is 2.20. The van der Waals surface area contributed by atoms with Crippen LogP contribution in [0.2, 0.25) is 0 Å². The molecule has 8 nitrogen and oxygen atoms in total. The van der Waals surface area contributed by atoms with Crippen LogP contribution in [0.1, 0.15) is 49.4 Å². The predicted octanol–water partition coefficient (Wildman–Crippen LogP) is 2.88. The van der Waals surface area contributed by atoms with E-state index in [1.807, 2.05) is 24.3 Å². The second-order valence-corrected chi connectivity index (χ2v) is 9.25. The van der Waals surface area contributed by atoms with Crippen LogP contribution < -0.4 is 15.5 Å². The zero-order valence-electron chi connectivity index (χ0n) is 19.5. The Bertz CT molecular complexity index is 969. The van der Waals surface area contributed by atoms with E-state index in [9.17, 15) is 4.79 Å². The van der Waals surface area contributed by atoms with Gasteiger partial charge in [0.15, 0.2) is 0 Å². The van der Waals surface area contributed by atoms with Crippen molar-refractivity contribution in [1.29, 1.82) is 5.26 Å². The third-order valence-corrected chi connectivity index (χ3v) is 5.48. The smallest absolute Gasteiger partial charge is 0.251 e. The summed E-state index contributed by atoms with van der Waals surface area (Å²) in [6.07, 6.45) is 1.60. The number of benzene rings is 1. The van der Waals surface area contributed by atoms with Gasteiger partial charge in [-0.05, 0) is 30.2 Å². The molecule has 2 heterocycles. The van der Waals surface area contributed by atoms with Gasteiger partial charge in [-0.3, -0.25) is 4.79 Å². The summed E-state index contributed by atoms with van der Waals surface area (Å²) in [5.74, 6) is 0.534. The van der Waals surface area contributed by atoms with Crippen molar-refractivity contribution >= 4 is 17.4 Å². The molecule has 32 heavy (non-hydrogen) atoms. The number of nitrogens with one attached hydrogen (secondary N) is 2. The molecule has 1 saturated heterocycles. The van der Waals surface area contributed by atoms with Gasteiger partial charge in [0.05, 0.1) is 0 Å². The summed E-state index contributed by atoms with van der Waals surface area (Å²) in [5.41, 5.74) is 2.48. The van der Waals surface area contributed by atoms with Crippen LogP contribution >= 0.6 is 0 Å². The minimum atomic E-state index is -0.148. The molecule has 0 unspecified atom stereocenters. The van der Waals surface area contributed by atoms with Gasteiger partial charge >= 0.3 is 0 Å². The van der Waals surface area contributed by atoms with Crippen LogP contribution in [0.15, 0.2) is 30.5 Å². The minimum absolute atomic E-state index is 0.0430. The number of anilines is 2. The number of piperazine rings is 1. The fraction of sp³-hybridized carbons (Fsp3) is 0.500. The number of amides is 1. The molecule has 0 aliphatic carbocycles. The first-order valence-corrected chi connectivity index (χ1v) is 11.1. The summed E-state index contributed by atoms with van der Waals surface area (Å²) in [6.45, 7) is 14.6. The van der Waals surface area contributed by atoms with Crippen molar-refractivity contribution in [1.82, 2.24) is 20.2 Å². The highest BCUT2D eigenvalue weighted by Gasteiger charge is 2.18. The van der Waals surface area contributed by atoms with Gasteiger partial charge in [-0.2, -0.15) is 5.26 Å². The normalized spacial score (nSPS) is 14.7. The van der Waals surface area contributed by atoms with E-state index in [0.29, 0.717) is 17.9 Å². The molecule has 1 aliphatic heterocycles. The van der Waals surface area contributed by atoms with E-state index < -0.39 is 0 Å². The number of hydrogen-bond donors (Lipinski definition) is 2. The van der Waals surface area contributed by atoms with Gasteiger partial charge in [-0.25, -0.2) is 9.97 Å². The van der Waals surface area contributed by atoms with Crippen LogP contribution in [-0.4, -0.2) is 60.0 Å². The summed E-state index contributed by atoms with van der Waals surface area (Å²) in [4.78, 5) is 26.0. The summed E-state index contributed by atoms with van der Waals surface area (Å²) in [6, 6.07) is 9.73. The number of carbonyl (C=O) groups is 1. The third kappa shape index (κ3) is 6.41. The summed E-state index contributed by atoms with van der Waals surface area (Å²) in [5, 5.41) is 15.4. The fourth-order valence-electron chi connectivity index (χ4n) is 3.54. The highest BCUT2D eigenvalue weighted by molar-refractivity contribution is 5.95. The molecule has 2 N–H and O–H groups in total. The summed E-state index contributed by atoms with van der Waals surface area (Å²) >= 11 is 0. The van der Waals surface area contributed by atoms with Crippen LogP contribution in [-0.2, 0) is 6.54 Å². The molecule has 1 aromatic carbocycles. The van der Waals surface area contributed by atoms with Crippen LogP contribution in [0.5, 0.6) is 0 Å². The minimum Gasteiger partial charge on any atom is -0.369 e. The van der Waals surface area contributed by atoms with Crippen LogP contribution in [0.3, 0.4) is 0 Å². The van der Waals surface area contributed by atoms with E-state index in [0.717, 1.165) is 44.0 Å². The lowest BCUT2D eigenvalue weighted by Crippen LogP contribution is -2.46. The molecule has 0 bridgehead atoms. The molecule has 1 aliphatic rings. The number of hydrogen-bond acceptors (Lipinski definition) is 7. The lowest BCUT2D eigenvalue weighted by molar-refractivity contribution is 0.0951. The van der Waals surface area contributed by atoms with Crippen molar-refractivity contribution in [2.24, 2.45) is 5.41 Å². The Kier molecular flexibility index (Phi) is 7.65. The molecule has 0 atom stereocenters. The average Bonchev–Trinajstić information content (AvgIpc) is 2.81. The van der Waals surface area contributed by atoms with Gasteiger partial charge in [0.1, 0.15) is 11.9 Å². The molecule has 170 valence electrons. The molecular formula is C24H33N7O. The second kappa shape index (κ2) is 10.4. The number of nitrogens with zero attached hydrogens (tertiary/aromatic N) is 5. The Labute approximate surface area is 190 Å². The monoisotopic (exact) mass is 435 g/mol. The topological polar surface area (TPSA) is 97.2 Å². The first-order valence-electron chi connectivity index (χ1n) is 11.1. The molecule has 1 aromatic heterocycles. The quantitative estimate of drug-likeness (QED) is 0.690. The lowest BCUT2D eigenvalue weighted by Gasteiger charge is -2.35. The Morgan fingerprint density at radius 1 is 1.22 bits per heavy atom. The number of likely N-dealkylation sites (N-methyl/N-ethyl adjacent to an activating group) is 1. The lowest BCUT2D eigenvalue weighted by atomic mass is 9.97. The molecule has 0 saturated carbocycles. The van der Waals surface area contributed by atoms with Crippen molar-refractivity contribution in [2.45, 2.75) is 34.2 Å². The Morgan fingerprint density at radius 2 is 1.97 bits per heavy atom. The third-order valence-electron chi connectivity index (χ3n) is 5.48. The molecular weight excluding hydrogens is 402 g/mol. The highest BCUT2D eigenvalue weighted by atomic mass is 16.1. The predicted molar refractivity (Wildman–Crippen MR) is 127 cm³/mol. The summed E-state index contributed by atoms with van der Waals surface area (Å²) < 4.78 is 0. The molecule has 1 fully saturated rings. The van der Waals surface area contributed by atoms with Crippen molar-refractivity contribution in [3.8, 4) is 6.07 Å². The maximum absolute atomic E-state index is 12.9. The first kappa shape index (κ1) is 23.5. The van der Waals surface area contributed by atoms with Gasteiger partial charge in [-0.1, -0.05) is 33.8 Å².